The van der Waals surface area contributed by atoms with Crippen molar-refractivity contribution in [1.29, 1.82) is 0 Å². The number of H-pyrrole nitrogens is 1. The summed E-state index contributed by atoms with van der Waals surface area (Å²) < 4.78 is 0. The molecule has 0 aromatic carbocycles. The van der Waals surface area contributed by atoms with Gasteiger partial charge < -0.3 is 10.2 Å². The number of carbonyl (C=O) groups excluding carboxylic acids is 3. The number of likely N-dealkylation sites (tertiary alicyclic amines) is 1. The molecule has 2 aliphatic rings. The molecule has 0 radical (unpaired) electrons. The summed E-state index contributed by atoms with van der Waals surface area (Å²) in [5.74, 6) is 0.843. The first-order valence-electron chi connectivity index (χ1n) is 7.38. The first-order chi connectivity index (χ1) is 10.6. The highest BCUT2D eigenvalue weighted by molar-refractivity contribution is 6.04. The van der Waals surface area contributed by atoms with Crippen molar-refractivity contribution in [2.45, 2.75) is 37.6 Å². The second kappa shape index (κ2) is 6.12. The van der Waals surface area contributed by atoms with Gasteiger partial charge in [-0.15, -0.1) is 0 Å². The van der Waals surface area contributed by atoms with E-state index >= 15 is 0 Å². The number of urea groups is 1. The second-order valence-corrected chi connectivity index (χ2v) is 5.58. The molecule has 0 aliphatic carbocycles. The van der Waals surface area contributed by atoms with Crippen LogP contribution in [0.1, 0.15) is 37.4 Å². The van der Waals surface area contributed by atoms with Crippen LogP contribution in [0.2, 0.25) is 0 Å². The van der Waals surface area contributed by atoms with Gasteiger partial charge in [0.25, 0.3) is 5.91 Å². The van der Waals surface area contributed by atoms with Crippen molar-refractivity contribution in [2.24, 2.45) is 0 Å². The van der Waals surface area contributed by atoms with E-state index in [0.717, 1.165) is 18.7 Å². The molecule has 2 fully saturated rings. The normalized spacial score (nSPS) is 22.5. The molecule has 1 atom stereocenters. The largest absolute Gasteiger partial charge is 0.343 e. The fourth-order valence-electron chi connectivity index (χ4n) is 2.90. The van der Waals surface area contributed by atoms with E-state index in [4.69, 9.17) is 0 Å². The standard InChI is InChI=1S/C13H18N6O3/c20-10(2-1-9-12(21)17-13(22)16-9)19-5-3-8(4-6-19)11-14-7-15-18-11/h7-9H,1-6H2,(H,14,15,18)(H2,16,17,21,22)/t9-/m0/s1. The van der Waals surface area contributed by atoms with Gasteiger partial charge in [-0.2, -0.15) is 5.10 Å². The lowest BCUT2D eigenvalue weighted by Gasteiger charge is -2.31. The topological polar surface area (TPSA) is 120 Å². The SMILES string of the molecule is O=C1NC(=O)[C@H](CCC(=O)N2CCC(c3ncn[nH]3)CC2)N1. The summed E-state index contributed by atoms with van der Waals surface area (Å²) in [6, 6.07) is -1.08. The zero-order valence-corrected chi connectivity index (χ0v) is 12.0. The van der Waals surface area contributed by atoms with Crippen LogP contribution in [-0.2, 0) is 9.59 Å². The smallest absolute Gasteiger partial charge is 0.322 e. The molecule has 1 aromatic rings. The lowest BCUT2D eigenvalue weighted by molar-refractivity contribution is -0.132. The maximum absolute atomic E-state index is 12.2. The van der Waals surface area contributed by atoms with E-state index < -0.39 is 12.1 Å². The summed E-state index contributed by atoms with van der Waals surface area (Å²) in [6.45, 7) is 1.35. The van der Waals surface area contributed by atoms with Gasteiger partial charge in [0, 0.05) is 25.4 Å². The molecule has 9 heteroatoms. The van der Waals surface area contributed by atoms with Gasteiger partial charge in [-0.3, -0.25) is 20.0 Å². The van der Waals surface area contributed by atoms with E-state index in [-0.39, 0.29) is 18.2 Å². The van der Waals surface area contributed by atoms with E-state index in [1.807, 2.05) is 4.90 Å². The van der Waals surface area contributed by atoms with Crippen molar-refractivity contribution in [2.75, 3.05) is 13.1 Å². The van der Waals surface area contributed by atoms with Gasteiger partial charge in [-0.05, 0) is 19.3 Å². The maximum atomic E-state index is 12.2. The Bertz CT molecular complexity index is 564. The Kier molecular flexibility index (Phi) is 4.03. The molecule has 22 heavy (non-hydrogen) atoms. The highest BCUT2D eigenvalue weighted by Gasteiger charge is 2.31. The summed E-state index contributed by atoms with van der Waals surface area (Å²) in [5.41, 5.74) is 0. The van der Waals surface area contributed by atoms with Crippen LogP contribution in [0.4, 0.5) is 4.79 Å². The molecular formula is C13H18N6O3. The Balaban J connectivity index is 1.44. The predicted molar refractivity (Wildman–Crippen MR) is 74.6 cm³/mol. The molecule has 2 saturated heterocycles. The Morgan fingerprint density at radius 2 is 2.09 bits per heavy atom. The molecular weight excluding hydrogens is 288 g/mol. The molecule has 3 rings (SSSR count). The van der Waals surface area contributed by atoms with E-state index in [1.54, 1.807) is 0 Å². The number of piperidine rings is 1. The minimum Gasteiger partial charge on any atom is -0.343 e. The van der Waals surface area contributed by atoms with Gasteiger partial charge in [0.2, 0.25) is 5.91 Å². The van der Waals surface area contributed by atoms with Crippen LogP contribution < -0.4 is 10.6 Å². The van der Waals surface area contributed by atoms with Crippen molar-refractivity contribution in [3.8, 4) is 0 Å². The monoisotopic (exact) mass is 306 g/mol. The predicted octanol–water partition coefficient (Wildman–Crippen LogP) is -0.501. The van der Waals surface area contributed by atoms with Crippen LogP contribution in [0, 0.1) is 0 Å². The summed E-state index contributed by atoms with van der Waals surface area (Å²) in [6.07, 6.45) is 3.78. The molecule has 0 spiro atoms. The Morgan fingerprint density at radius 3 is 2.68 bits per heavy atom. The molecule has 0 unspecified atom stereocenters. The van der Waals surface area contributed by atoms with E-state index in [9.17, 15) is 14.4 Å². The number of amides is 4. The number of rotatable bonds is 4. The zero-order valence-electron chi connectivity index (χ0n) is 12.0. The first kappa shape index (κ1) is 14.5. The summed E-state index contributed by atoms with van der Waals surface area (Å²) in [4.78, 5) is 40.6. The summed E-state index contributed by atoms with van der Waals surface area (Å²) in [7, 11) is 0. The fraction of sp³-hybridized carbons (Fsp3) is 0.615. The van der Waals surface area contributed by atoms with Gasteiger partial charge in [0.1, 0.15) is 18.2 Å². The van der Waals surface area contributed by atoms with Crippen molar-refractivity contribution in [1.82, 2.24) is 30.7 Å². The van der Waals surface area contributed by atoms with Crippen LogP contribution in [0.5, 0.6) is 0 Å². The number of aromatic amines is 1. The van der Waals surface area contributed by atoms with Crippen LogP contribution >= 0.6 is 0 Å². The van der Waals surface area contributed by atoms with Crippen molar-refractivity contribution < 1.29 is 14.4 Å². The van der Waals surface area contributed by atoms with Crippen LogP contribution in [-0.4, -0.2) is 57.1 Å². The average Bonchev–Trinajstić information content (AvgIpc) is 3.15. The molecule has 3 heterocycles. The highest BCUT2D eigenvalue weighted by atomic mass is 16.2. The number of aromatic nitrogens is 3. The van der Waals surface area contributed by atoms with Crippen LogP contribution in [0.3, 0.4) is 0 Å². The Labute approximate surface area is 126 Å². The third kappa shape index (κ3) is 3.07. The van der Waals surface area contributed by atoms with Gasteiger partial charge in [-0.1, -0.05) is 0 Å². The van der Waals surface area contributed by atoms with Crippen molar-refractivity contribution in [3.05, 3.63) is 12.2 Å². The third-order valence-electron chi connectivity index (χ3n) is 4.17. The Hall–Kier alpha value is -2.45. The van der Waals surface area contributed by atoms with Crippen LogP contribution in [0.15, 0.2) is 6.33 Å². The van der Waals surface area contributed by atoms with Crippen molar-refractivity contribution >= 4 is 17.8 Å². The number of hydrogen-bond donors (Lipinski definition) is 3. The lowest BCUT2D eigenvalue weighted by Crippen LogP contribution is -2.39. The average molecular weight is 306 g/mol. The fourth-order valence-corrected chi connectivity index (χ4v) is 2.90. The molecule has 3 N–H and O–H groups in total. The Morgan fingerprint density at radius 1 is 1.32 bits per heavy atom. The molecule has 1 aromatic heterocycles. The van der Waals surface area contributed by atoms with Crippen LogP contribution in [0.25, 0.3) is 0 Å². The minimum absolute atomic E-state index is 0.0185. The zero-order chi connectivity index (χ0) is 15.5. The highest BCUT2D eigenvalue weighted by Crippen LogP contribution is 2.25. The molecule has 9 nitrogen and oxygen atoms in total. The summed E-state index contributed by atoms with van der Waals surface area (Å²) >= 11 is 0. The first-order valence-corrected chi connectivity index (χ1v) is 7.38. The molecule has 4 amide bonds. The summed E-state index contributed by atoms with van der Waals surface area (Å²) in [5, 5.41) is 11.4. The molecule has 118 valence electrons. The van der Waals surface area contributed by atoms with Gasteiger partial charge >= 0.3 is 6.03 Å². The van der Waals surface area contributed by atoms with E-state index in [2.05, 4.69) is 25.8 Å². The van der Waals surface area contributed by atoms with E-state index in [1.165, 1.54) is 6.33 Å². The van der Waals surface area contributed by atoms with Gasteiger partial charge in [0.05, 0.1) is 0 Å². The number of nitrogens with one attached hydrogen (secondary N) is 3. The molecule has 0 bridgehead atoms. The van der Waals surface area contributed by atoms with E-state index in [0.29, 0.717) is 25.4 Å². The third-order valence-corrected chi connectivity index (χ3v) is 4.17. The lowest BCUT2D eigenvalue weighted by atomic mass is 9.96. The second-order valence-electron chi connectivity index (χ2n) is 5.58. The maximum Gasteiger partial charge on any atom is 0.322 e. The number of nitrogens with zero attached hydrogens (tertiary/aromatic N) is 3. The number of hydrogen-bond acceptors (Lipinski definition) is 5. The molecule has 0 saturated carbocycles. The molecule has 2 aliphatic heterocycles. The van der Waals surface area contributed by atoms with Gasteiger partial charge in [-0.25, -0.2) is 9.78 Å². The minimum atomic E-state index is -0.594. The van der Waals surface area contributed by atoms with Crippen molar-refractivity contribution in [3.63, 3.8) is 0 Å². The van der Waals surface area contributed by atoms with Gasteiger partial charge in [0.15, 0.2) is 0 Å². The quantitative estimate of drug-likeness (QED) is 0.648. The number of imide groups is 1. The number of carbonyl (C=O) groups is 3.